The predicted molar refractivity (Wildman–Crippen MR) is 51.5 cm³/mol. The lowest BCUT2D eigenvalue weighted by molar-refractivity contribution is 0.0691. The van der Waals surface area contributed by atoms with Crippen molar-refractivity contribution in [3.63, 3.8) is 0 Å². The van der Waals surface area contributed by atoms with Crippen molar-refractivity contribution in [3.8, 4) is 0 Å². The fraction of sp³-hybridized carbons (Fsp3) is 0. The molecule has 0 saturated heterocycles. The first kappa shape index (κ1) is 9.39. The van der Waals surface area contributed by atoms with Gasteiger partial charge in [0.05, 0.1) is 5.52 Å². The summed E-state index contributed by atoms with van der Waals surface area (Å²) in [5.74, 6) is -1.94. The third-order valence-corrected chi connectivity index (χ3v) is 2.04. The first-order valence-electron chi connectivity index (χ1n) is 4.14. The normalized spacial score (nSPS) is 10.5. The quantitative estimate of drug-likeness (QED) is 0.741. The molecule has 2 N–H and O–H groups in total. The van der Waals surface area contributed by atoms with Crippen LogP contribution in [0.25, 0.3) is 10.9 Å². The van der Waals surface area contributed by atoms with E-state index in [1.165, 1.54) is 12.1 Å². The summed E-state index contributed by atoms with van der Waals surface area (Å²) in [6, 6.07) is 4.92. The summed E-state index contributed by atoms with van der Waals surface area (Å²) < 4.78 is 13.2. The highest BCUT2D eigenvalue weighted by molar-refractivity contribution is 5.89. The van der Waals surface area contributed by atoms with E-state index in [2.05, 4.69) is 4.98 Å². The molecular formula is C10H6FNO3. The smallest absolute Gasteiger partial charge is 0.352 e. The maximum absolute atomic E-state index is 13.2. The molecule has 0 amide bonds. The van der Waals surface area contributed by atoms with Crippen LogP contribution in [0.4, 0.5) is 4.39 Å². The molecule has 0 radical (unpaired) electrons. The molecule has 0 aliphatic rings. The van der Waals surface area contributed by atoms with Crippen LogP contribution in [0.15, 0.2) is 29.1 Å². The number of rotatable bonds is 1. The van der Waals surface area contributed by atoms with Crippen LogP contribution in [0, 0.1) is 5.82 Å². The minimum Gasteiger partial charge on any atom is -0.477 e. The lowest BCUT2D eigenvalue weighted by Gasteiger charge is -2.00. The number of halogens is 1. The van der Waals surface area contributed by atoms with Crippen LogP contribution in [-0.2, 0) is 0 Å². The van der Waals surface area contributed by atoms with Crippen molar-refractivity contribution in [1.82, 2.24) is 4.98 Å². The summed E-state index contributed by atoms with van der Waals surface area (Å²) in [6.07, 6.45) is 0. The maximum atomic E-state index is 13.2. The van der Waals surface area contributed by atoms with E-state index in [-0.39, 0.29) is 16.6 Å². The molecule has 0 aliphatic heterocycles. The number of carboxylic acid groups (broad SMARTS) is 1. The van der Waals surface area contributed by atoms with E-state index >= 15 is 0 Å². The van der Waals surface area contributed by atoms with Gasteiger partial charge in [-0.3, -0.25) is 4.79 Å². The fourth-order valence-corrected chi connectivity index (χ4v) is 1.35. The second kappa shape index (κ2) is 3.20. The van der Waals surface area contributed by atoms with Gasteiger partial charge < -0.3 is 10.1 Å². The molecular weight excluding hydrogens is 201 g/mol. The Morgan fingerprint density at radius 3 is 2.80 bits per heavy atom. The third-order valence-electron chi connectivity index (χ3n) is 2.04. The Morgan fingerprint density at radius 1 is 1.40 bits per heavy atom. The number of H-pyrrole nitrogens is 1. The van der Waals surface area contributed by atoms with E-state index in [4.69, 9.17) is 5.11 Å². The molecule has 1 heterocycles. The topological polar surface area (TPSA) is 70.2 Å². The highest BCUT2D eigenvalue weighted by Crippen LogP contribution is 2.12. The number of fused-ring (bicyclic) bond motifs is 1. The van der Waals surface area contributed by atoms with Gasteiger partial charge in [0, 0.05) is 11.5 Å². The average molecular weight is 207 g/mol. The Morgan fingerprint density at radius 2 is 2.13 bits per heavy atom. The predicted octanol–water partition coefficient (Wildman–Crippen LogP) is 1.37. The number of carbonyl (C=O) groups is 1. The van der Waals surface area contributed by atoms with Gasteiger partial charge in [0.25, 0.3) is 0 Å². The van der Waals surface area contributed by atoms with Gasteiger partial charge >= 0.3 is 5.97 Å². The van der Waals surface area contributed by atoms with E-state index in [0.717, 1.165) is 12.1 Å². The molecule has 76 valence electrons. The van der Waals surface area contributed by atoms with Crippen molar-refractivity contribution in [1.29, 1.82) is 0 Å². The van der Waals surface area contributed by atoms with E-state index in [9.17, 15) is 14.0 Å². The Hall–Kier alpha value is -2.17. The van der Waals surface area contributed by atoms with Gasteiger partial charge in [-0.05, 0) is 12.1 Å². The number of pyridine rings is 1. The largest absolute Gasteiger partial charge is 0.477 e. The molecule has 0 unspecified atom stereocenters. The second-order valence-electron chi connectivity index (χ2n) is 3.01. The van der Waals surface area contributed by atoms with Crippen LogP contribution in [0.5, 0.6) is 0 Å². The summed E-state index contributed by atoms with van der Waals surface area (Å²) in [4.78, 5) is 24.4. The zero-order chi connectivity index (χ0) is 11.0. The van der Waals surface area contributed by atoms with Gasteiger partial charge in [0.15, 0.2) is 5.43 Å². The van der Waals surface area contributed by atoms with Crippen LogP contribution < -0.4 is 5.43 Å². The van der Waals surface area contributed by atoms with Gasteiger partial charge in [0.2, 0.25) is 0 Å². The number of aromatic nitrogens is 1. The van der Waals surface area contributed by atoms with Gasteiger partial charge in [-0.2, -0.15) is 0 Å². The molecule has 2 rings (SSSR count). The summed E-state index contributed by atoms with van der Waals surface area (Å²) >= 11 is 0. The lowest BCUT2D eigenvalue weighted by atomic mass is 10.2. The first-order valence-corrected chi connectivity index (χ1v) is 4.14. The number of hydrogen-bond donors (Lipinski definition) is 2. The van der Waals surface area contributed by atoms with Gasteiger partial charge in [0.1, 0.15) is 11.5 Å². The van der Waals surface area contributed by atoms with E-state index in [1.807, 2.05) is 0 Å². The number of para-hydroxylation sites is 1. The van der Waals surface area contributed by atoms with Crippen LogP contribution in [0.1, 0.15) is 10.5 Å². The van der Waals surface area contributed by atoms with Crippen LogP contribution in [0.2, 0.25) is 0 Å². The minimum absolute atomic E-state index is 0.0811. The summed E-state index contributed by atoms with van der Waals surface area (Å²) in [5, 5.41) is 8.81. The van der Waals surface area contributed by atoms with Gasteiger partial charge in [-0.15, -0.1) is 0 Å². The summed E-state index contributed by atoms with van der Waals surface area (Å²) in [5.41, 5.74) is -0.916. The molecule has 0 atom stereocenters. The Labute approximate surface area is 83.0 Å². The zero-order valence-electron chi connectivity index (χ0n) is 7.45. The molecule has 4 nitrogen and oxygen atoms in total. The number of hydrogen-bond acceptors (Lipinski definition) is 2. The number of nitrogens with one attached hydrogen (secondary N) is 1. The number of carboxylic acids is 1. The van der Waals surface area contributed by atoms with Crippen molar-refractivity contribution in [2.45, 2.75) is 0 Å². The third kappa shape index (κ3) is 1.48. The van der Waals surface area contributed by atoms with Crippen molar-refractivity contribution >= 4 is 16.9 Å². The Balaban J connectivity index is 2.92. The second-order valence-corrected chi connectivity index (χ2v) is 3.01. The van der Waals surface area contributed by atoms with Crippen LogP contribution in [0.3, 0.4) is 0 Å². The highest BCUT2D eigenvalue weighted by atomic mass is 19.1. The Bertz CT molecular complexity index is 603. The SMILES string of the molecule is O=C(O)c1cc(=O)c2cccc(F)c2[nH]1. The molecule has 2 aromatic rings. The molecule has 5 heteroatoms. The Kier molecular flexibility index (Phi) is 2.00. The average Bonchev–Trinajstić information content (AvgIpc) is 2.19. The van der Waals surface area contributed by atoms with Crippen LogP contribution in [-0.4, -0.2) is 16.1 Å². The molecule has 0 saturated carbocycles. The molecule has 0 fully saturated rings. The standard InChI is InChI=1S/C10H6FNO3/c11-6-3-1-2-5-8(13)4-7(10(14)15)12-9(5)6/h1-4H,(H,12,13)(H,14,15). The van der Waals surface area contributed by atoms with Crippen molar-refractivity contribution in [2.75, 3.05) is 0 Å². The van der Waals surface area contributed by atoms with Crippen LogP contribution >= 0.6 is 0 Å². The van der Waals surface area contributed by atoms with E-state index < -0.39 is 17.2 Å². The maximum Gasteiger partial charge on any atom is 0.352 e. The number of benzene rings is 1. The fourth-order valence-electron chi connectivity index (χ4n) is 1.35. The molecule has 0 bridgehead atoms. The summed E-state index contributed by atoms with van der Waals surface area (Å²) in [7, 11) is 0. The monoisotopic (exact) mass is 207 g/mol. The van der Waals surface area contributed by atoms with E-state index in [0.29, 0.717) is 0 Å². The molecule has 1 aromatic heterocycles. The lowest BCUT2D eigenvalue weighted by Crippen LogP contribution is -2.10. The van der Waals surface area contributed by atoms with Gasteiger partial charge in [-0.25, -0.2) is 9.18 Å². The number of aromatic amines is 1. The molecule has 1 aromatic carbocycles. The van der Waals surface area contributed by atoms with Gasteiger partial charge in [-0.1, -0.05) is 6.07 Å². The van der Waals surface area contributed by atoms with Crippen molar-refractivity contribution in [3.05, 3.63) is 46.0 Å². The molecule has 15 heavy (non-hydrogen) atoms. The molecule has 0 spiro atoms. The van der Waals surface area contributed by atoms with Crippen molar-refractivity contribution < 1.29 is 14.3 Å². The zero-order valence-corrected chi connectivity index (χ0v) is 7.45. The number of aromatic carboxylic acids is 1. The minimum atomic E-state index is -1.29. The first-order chi connectivity index (χ1) is 7.09. The summed E-state index contributed by atoms with van der Waals surface area (Å²) in [6.45, 7) is 0. The highest BCUT2D eigenvalue weighted by Gasteiger charge is 2.09. The van der Waals surface area contributed by atoms with E-state index in [1.54, 1.807) is 0 Å². The molecule has 0 aliphatic carbocycles. The van der Waals surface area contributed by atoms with Crippen molar-refractivity contribution in [2.24, 2.45) is 0 Å².